The summed E-state index contributed by atoms with van der Waals surface area (Å²) in [5.41, 5.74) is 7.16. The molecular weight excluding hydrogens is 396 g/mol. The summed E-state index contributed by atoms with van der Waals surface area (Å²) in [4.78, 5) is 0. The Kier molecular flexibility index (Phi) is 3.84. The quantitative estimate of drug-likeness (QED) is 0.491. The summed E-state index contributed by atoms with van der Waals surface area (Å²) in [6.07, 6.45) is 8.71. The molecule has 3 aromatic carbocycles. The van der Waals surface area contributed by atoms with Gasteiger partial charge in [0.15, 0.2) is 0 Å². The summed E-state index contributed by atoms with van der Waals surface area (Å²) in [5.74, 6) is 0.286. The highest BCUT2D eigenvalue weighted by Gasteiger charge is 2.47. The largest absolute Gasteiger partial charge is 0.507 e. The predicted octanol–water partition coefficient (Wildman–Crippen LogP) is 6.75. The fourth-order valence-electron chi connectivity index (χ4n) is 4.73. The third-order valence-electron chi connectivity index (χ3n) is 5.81. The molecule has 0 radical (unpaired) electrons. The third-order valence-corrected chi connectivity index (χ3v) is 6.45. The van der Waals surface area contributed by atoms with Gasteiger partial charge in [-0.25, -0.2) is 0 Å². The topological polar surface area (TPSA) is 20.2 Å². The first-order valence-corrected chi connectivity index (χ1v) is 10.1. The molecule has 1 nitrogen and oxygen atoms in total. The van der Waals surface area contributed by atoms with Crippen LogP contribution in [-0.2, 0) is 5.41 Å². The van der Waals surface area contributed by atoms with E-state index in [9.17, 15) is 5.11 Å². The number of hydrogen-bond donors (Lipinski definition) is 1. The average molecular weight is 415 g/mol. The number of rotatable bonds is 2. The van der Waals surface area contributed by atoms with Gasteiger partial charge in [0.1, 0.15) is 5.75 Å². The van der Waals surface area contributed by atoms with Gasteiger partial charge in [-0.15, -0.1) is 0 Å². The van der Waals surface area contributed by atoms with Gasteiger partial charge >= 0.3 is 0 Å². The first-order valence-electron chi connectivity index (χ1n) is 9.27. The molecule has 0 aromatic heterocycles. The lowest BCUT2D eigenvalue weighted by Crippen LogP contribution is -2.30. The van der Waals surface area contributed by atoms with Crippen LogP contribution in [0, 0.1) is 0 Å². The minimum absolute atomic E-state index is 0.286. The Bertz CT molecular complexity index is 1090. The molecular formula is C25H19BrO. The van der Waals surface area contributed by atoms with Gasteiger partial charge in [0.05, 0.1) is 9.89 Å². The van der Waals surface area contributed by atoms with Crippen LogP contribution in [-0.4, -0.2) is 5.11 Å². The van der Waals surface area contributed by atoms with Crippen molar-refractivity contribution < 1.29 is 5.11 Å². The first-order chi connectivity index (χ1) is 13.2. The molecule has 0 heterocycles. The van der Waals surface area contributed by atoms with E-state index < -0.39 is 0 Å². The Balaban J connectivity index is 1.96. The van der Waals surface area contributed by atoms with E-state index in [2.05, 4.69) is 94.8 Å². The lowest BCUT2D eigenvalue weighted by molar-refractivity contribution is 0.470. The molecule has 1 atom stereocenters. The smallest absolute Gasteiger partial charge is 0.130 e. The zero-order chi connectivity index (χ0) is 18.4. The maximum absolute atomic E-state index is 10.6. The average Bonchev–Trinajstić information content (AvgIpc) is 3.00. The van der Waals surface area contributed by atoms with Gasteiger partial charge in [0.25, 0.3) is 0 Å². The SMILES string of the molecule is Oc1cc2c(cc1Br)-c1ccccc1C2(C1=CC=CCC1)c1ccccc1. The second-order valence-electron chi connectivity index (χ2n) is 7.17. The highest BCUT2D eigenvalue weighted by molar-refractivity contribution is 9.10. The summed E-state index contributed by atoms with van der Waals surface area (Å²) < 4.78 is 0.734. The maximum Gasteiger partial charge on any atom is 0.130 e. The molecule has 2 heteroatoms. The molecule has 0 saturated heterocycles. The van der Waals surface area contributed by atoms with Crippen molar-refractivity contribution in [1.29, 1.82) is 0 Å². The predicted molar refractivity (Wildman–Crippen MR) is 114 cm³/mol. The number of hydrogen-bond acceptors (Lipinski definition) is 1. The Labute approximate surface area is 167 Å². The summed E-state index contributed by atoms with van der Waals surface area (Å²) in [5, 5.41) is 10.6. The molecule has 132 valence electrons. The highest BCUT2D eigenvalue weighted by Crippen LogP contribution is 2.58. The van der Waals surface area contributed by atoms with Crippen LogP contribution in [0.3, 0.4) is 0 Å². The van der Waals surface area contributed by atoms with E-state index in [1.54, 1.807) is 0 Å². The number of benzene rings is 3. The zero-order valence-corrected chi connectivity index (χ0v) is 16.4. The van der Waals surface area contributed by atoms with E-state index in [1.165, 1.54) is 27.8 Å². The maximum atomic E-state index is 10.6. The number of allylic oxidation sites excluding steroid dienone is 4. The molecule has 0 saturated carbocycles. The number of halogens is 1. The summed E-state index contributed by atoms with van der Waals surface area (Å²) in [6, 6.07) is 23.4. The second kappa shape index (κ2) is 6.24. The standard InChI is InChI=1S/C25H19BrO/c26-23-15-20-19-13-7-8-14-21(19)25(22(20)16-24(23)27,17-9-3-1-4-10-17)18-11-5-2-6-12-18/h1-5,7-11,13-16,27H,6,12H2. The van der Waals surface area contributed by atoms with Gasteiger partial charge in [-0.1, -0.05) is 78.4 Å². The van der Waals surface area contributed by atoms with E-state index in [-0.39, 0.29) is 11.2 Å². The van der Waals surface area contributed by atoms with Crippen LogP contribution < -0.4 is 0 Å². The normalized spacial score (nSPS) is 20.1. The molecule has 27 heavy (non-hydrogen) atoms. The van der Waals surface area contributed by atoms with Gasteiger partial charge < -0.3 is 5.11 Å². The van der Waals surface area contributed by atoms with Crippen LogP contribution in [0.1, 0.15) is 29.5 Å². The molecule has 2 aliphatic carbocycles. The van der Waals surface area contributed by atoms with E-state index in [0.29, 0.717) is 0 Å². The van der Waals surface area contributed by atoms with Crippen molar-refractivity contribution in [2.24, 2.45) is 0 Å². The first kappa shape index (κ1) is 16.6. The molecule has 3 aromatic rings. The molecule has 2 aliphatic rings. The Morgan fingerprint density at radius 1 is 0.852 bits per heavy atom. The number of phenols is 1. The molecule has 5 rings (SSSR count). The number of aromatic hydroxyl groups is 1. The van der Waals surface area contributed by atoms with Crippen LogP contribution in [0.25, 0.3) is 11.1 Å². The third kappa shape index (κ3) is 2.30. The monoisotopic (exact) mass is 414 g/mol. The molecule has 0 spiro atoms. The fraction of sp³-hybridized carbons (Fsp3) is 0.120. The van der Waals surface area contributed by atoms with Crippen LogP contribution in [0.4, 0.5) is 0 Å². The van der Waals surface area contributed by atoms with Gasteiger partial charge in [-0.05, 0) is 68.7 Å². The minimum Gasteiger partial charge on any atom is -0.507 e. The molecule has 0 fully saturated rings. The van der Waals surface area contributed by atoms with Crippen molar-refractivity contribution >= 4 is 15.9 Å². The van der Waals surface area contributed by atoms with Crippen LogP contribution >= 0.6 is 15.9 Å². The molecule has 1 N–H and O–H groups in total. The van der Waals surface area contributed by atoms with Crippen molar-refractivity contribution in [2.75, 3.05) is 0 Å². The number of phenolic OH excluding ortho intramolecular Hbond substituents is 1. The van der Waals surface area contributed by atoms with Crippen molar-refractivity contribution in [3.05, 3.63) is 112 Å². The van der Waals surface area contributed by atoms with Crippen molar-refractivity contribution in [2.45, 2.75) is 18.3 Å². The highest BCUT2D eigenvalue weighted by atomic mass is 79.9. The summed E-state index contributed by atoms with van der Waals surface area (Å²) in [6.45, 7) is 0. The van der Waals surface area contributed by atoms with Crippen LogP contribution in [0.15, 0.2) is 95.0 Å². The van der Waals surface area contributed by atoms with Gasteiger partial charge in [-0.2, -0.15) is 0 Å². The number of fused-ring (bicyclic) bond motifs is 3. The zero-order valence-electron chi connectivity index (χ0n) is 14.8. The van der Waals surface area contributed by atoms with E-state index in [0.717, 1.165) is 22.9 Å². The molecule has 0 amide bonds. The molecule has 0 aliphatic heterocycles. The molecule has 0 bridgehead atoms. The van der Waals surface area contributed by atoms with E-state index in [1.807, 2.05) is 6.07 Å². The Morgan fingerprint density at radius 2 is 1.63 bits per heavy atom. The van der Waals surface area contributed by atoms with Crippen molar-refractivity contribution in [1.82, 2.24) is 0 Å². The lowest BCUT2D eigenvalue weighted by Gasteiger charge is -2.36. The van der Waals surface area contributed by atoms with E-state index >= 15 is 0 Å². The van der Waals surface area contributed by atoms with E-state index in [4.69, 9.17) is 0 Å². The van der Waals surface area contributed by atoms with Crippen molar-refractivity contribution in [3.8, 4) is 16.9 Å². The summed E-state index contributed by atoms with van der Waals surface area (Å²) >= 11 is 3.51. The second-order valence-corrected chi connectivity index (χ2v) is 8.02. The van der Waals surface area contributed by atoms with Crippen LogP contribution in [0.2, 0.25) is 0 Å². The summed E-state index contributed by atoms with van der Waals surface area (Å²) in [7, 11) is 0. The Morgan fingerprint density at radius 3 is 2.41 bits per heavy atom. The van der Waals surface area contributed by atoms with Gasteiger partial charge in [0.2, 0.25) is 0 Å². The van der Waals surface area contributed by atoms with Crippen LogP contribution in [0.5, 0.6) is 5.75 Å². The molecule has 1 unspecified atom stereocenters. The fourth-order valence-corrected chi connectivity index (χ4v) is 5.07. The van der Waals surface area contributed by atoms with Gasteiger partial charge in [-0.3, -0.25) is 0 Å². The lowest BCUT2D eigenvalue weighted by atomic mass is 9.65. The Hall–Kier alpha value is -2.58. The van der Waals surface area contributed by atoms with Crippen molar-refractivity contribution in [3.63, 3.8) is 0 Å². The van der Waals surface area contributed by atoms with Gasteiger partial charge in [0, 0.05) is 0 Å². The minimum atomic E-state index is -0.365.